The minimum Gasteiger partial charge on any atom is -0.396 e. The van der Waals surface area contributed by atoms with Crippen molar-refractivity contribution in [3.8, 4) is 0 Å². The fourth-order valence-electron chi connectivity index (χ4n) is 1.73. The van der Waals surface area contributed by atoms with Crippen LogP contribution in [0.15, 0.2) is 0 Å². The Morgan fingerprint density at radius 1 is 1.17 bits per heavy atom. The van der Waals surface area contributed by atoms with E-state index in [4.69, 9.17) is 5.11 Å². The molecule has 1 atom stereocenters. The molecule has 0 fully saturated rings. The van der Waals surface area contributed by atoms with Crippen LogP contribution in [0.3, 0.4) is 0 Å². The molecule has 0 radical (unpaired) electrons. The summed E-state index contributed by atoms with van der Waals surface area (Å²) in [5.74, 6) is 2.95. The first kappa shape index (κ1) is 14.7. The molecule has 5 heteroatoms. The maximum atomic E-state index is 8.88. The lowest BCUT2D eigenvalue weighted by Gasteiger charge is -2.16. The number of rotatable bonds is 7. The zero-order valence-electron chi connectivity index (χ0n) is 11.7. The summed E-state index contributed by atoms with van der Waals surface area (Å²) in [5, 5.41) is 15.5. The lowest BCUT2D eigenvalue weighted by molar-refractivity contribution is 0.266. The van der Waals surface area contributed by atoms with Crippen molar-refractivity contribution in [3.63, 3.8) is 0 Å². The summed E-state index contributed by atoms with van der Waals surface area (Å²) in [5.41, 5.74) is 1.04. The van der Waals surface area contributed by atoms with E-state index in [1.165, 1.54) is 0 Å². The monoisotopic (exact) mass is 252 g/mol. The highest BCUT2D eigenvalue weighted by Gasteiger charge is 2.09. The van der Waals surface area contributed by atoms with Gasteiger partial charge in [0.25, 0.3) is 0 Å². The number of aliphatic hydroxyl groups excluding tert-OH is 1. The van der Waals surface area contributed by atoms with Gasteiger partial charge < -0.3 is 15.7 Å². The van der Waals surface area contributed by atoms with Crippen molar-refractivity contribution in [2.75, 3.05) is 30.3 Å². The standard InChI is InChI=1S/C13H24N4O/c1-5-14-12-10(3)13(17-11(4)16-12)15-8-9(2)6-7-18/h9,18H,5-8H2,1-4H3,(H2,14,15,16,17). The molecule has 0 bridgehead atoms. The predicted molar refractivity (Wildman–Crippen MR) is 75.0 cm³/mol. The molecule has 102 valence electrons. The number of hydrogen-bond donors (Lipinski definition) is 3. The Bertz CT molecular complexity index is 381. The number of hydrogen-bond acceptors (Lipinski definition) is 5. The molecule has 0 aliphatic heterocycles. The topological polar surface area (TPSA) is 70.1 Å². The molecule has 1 rings (SSSR count). The molecular weight excluding hydrogens is 228 g/mol. The van der Waals surface area contributed by atoms with Crippen LogP contribution in [0, 0.1) is 19.8 Å². The number of aromatic nitrogens is 2. The number of anilines is 2. The first-order valence-corrected chi connectivity index (χ1v) is 6.52. The van der Waals surface area contributed by atoms with Gasteiger partial charge in [-0.1, -0.05) is 6.92 Å². The Morgan fingerprint density at radius 3 is 2.33 bits per heavy atom. The number of aliphatic hydroxyl groups is 1. The Morgan fingerprint density at radius 2 is 1.78 bits per heavy atom. The van der Waals surface area contributed by atoms with Gasteiger partial charge in [-0.15, -0.1) is 0 Å². The molecule has 1 unspecified atom stereocenters. The Hall–Kier alpha value is -1.36. The molecule has 0 aliphatic carbocycles. The third kappa shape index (κ3) is 4.14. The Balaban J connectivity index is 2.75. The zero-order valence-corrected chi connectivity index (χ0v) is 11.7. The van der Waals surface area contributed by atoms with Crippen LogP contribution in [0.2, 0.25) is 0 Å². The molecule has 5 nitrogen and oxygen atoms in total. The van der Waals surface area contributed by atoms with Crippen LogP contribution >= 0.6 is 0 Å². The van der Waals surface area contributed by atoms with Crippen molar-refractivity contribution in [1.29, 1.82) is 0 Å². The first-order chi connectivity index (χ1) is 8.58. The molecule has 0 aromatic carbocycles. The van der Waals surface area contributed by atoms with E-state index in [2.05, 4.69) is 27.5 Å². The van der Waals surface area contributed by atoms with Crippen molar-refractivity contribution in [3.05, 3.63) is 11.4 Å². The predicted octanol–water partition coefficient (Wildman–Crippen LogP) is 1.96. The smallest absolute Gasteiger partial charge is 0.134 e. The SMILES string of the molecule is CCNc1nc(C)nc(NCC(C)CCO)c1C. The van der Waals surface area contributed by atoms with Crippen LogP contribution in [-0.2, 0) is 0 Å². The van der Waals surface area contributed by atoms with Gasteiger partial charge in [-0.05, 0) is 33.1 Å². The minimum absolute atomic E-state index is 0.229. The lowest BCUT2D eigenvalue weighted by atomic mass is 10.1. The van der Waals surface area contributed by atoms with E-state index in [1.807, 2.05) is 20.8 Å². The molecule has 0 saturated heterocycles. The third-order valence-corrected chi connectivity index (χ3v) is 2.84. The van der Waals surface area contributed by atoms with Gasteiger partial charge in [0.2, 0.25) is 0 Å². The normalized spacial score (nSPS) is 12.3. The highest BCUT2D eigenvalue weighted by atomic mass is 16.3. The molecular formula is C13H24N4O. The van der Waals surface area contributed by atoms with Crippen molar-refractivity contribution < 1.29 is 5.11 Å². The van der Waals surface area contributed by atoms with Gasteiger partial charge in [-0.25, -0.2) is 9.97 Å². The molecule has 3 N–H and O–H groups in total. The van der Waals surface area contributed by atoms with E-state index in [-0.39, 0.29) is 6.61 Å². The van der Waals surface area contributed by atoms with Crippen LogP contribution in [-0.4, -0.2) is 34.8 Å². The summed E-state index contributed by atoms with van der Waals surface area (Å²) in [6.45, 7) is 9.94. The minimum atomic E-state index is 0.229. The fraction of sp³-hybridized carbons (Fsp3) is 0.692. The van der Waals surface area contributed by atoms with Crippen molar-refractivity contribution in [2.45, 2.75) is 34.1 Å². The van der Waals surface area contributed by atoms with Crippen LogP contribution in [0.25, 0.3) is 0 Å². The second-order valence-corrected chi connectivity index (χ2v) is 4.62. The van der Waals surface area contributed by atoms with Gasteiger partial charge in [-0.3, -0.25) is 0 Å². The summed E-state index contributed by atoms with van der Waals surface area (Å²) >= 11 is 0. The molecule has 0 spiro atoms. The molecule has 18 heavy (non-hydrogen) atoms. The Labute approximate surface area is 109 Å². The van der Waals surface area contributed by atoms with Gasteiger partial charge in [0.15, 0.2) is 0 Å². The molecule has 0 amide bonds. The summed E-state index contributed by atoms with van der Waals surface area (Å²) in [6.07, 6.45) is 0.802. The summed E-state index contributed by atoms with van der Waals surface area (Å²) < 4.78 is 0. The highest BCUT2D eigenvalue weighted by Crippen LogP contribution is 2.20. The van der Waals surface area contributed by atoms with E-state index in [1.54, 1.807) is 0 Å². The van der Waals surface area contributed by atoms with Gasteiger partial charge >= 0.3 is 0 Å². The van der Waals surface area contributed by atoms with Crippen LogP contribution in [0.1, 0.15) is 31.7 Å². The zero-order chi connectivity index (χ0) is 13.5. The Kier molecular flexibility index (Phi) is 5.85. The second-order valence-electron chi connectivity index (χ2n) is 4.62. The third-order valence-electron chi connectivity index (χ3n) is 2.84. The summed E-state index contributed by atoms with van der Waals surface area (Å²) in [4.78, 5) is 8.81. The quantitative estimate of drug-likeness (QED) is 0.692. The molecule has 1 aromatic rings. The number of nitrogens with zero attached hydrogens (tertiary/aromatic N) is 2. The van der Waals surface area contributed by atoms with Crippen LogP contribution < -0.4 is 10.6 Å². The lowest BCUT2D eigenvalue weighted by Crippen LogP contribution is -2.16. The van der Waals surface area contributed by atoms with Crippen LogP contribution in [0.4, 0.5) is 11.6 Å². The fourth-order valence-corrected chi connectivity index (χ4v) is 1.73. The summed E-state index contributed by atoms with van der Waals surface area (Å²) in [7, 11) is 0. The average Bonchev–Trinajstić information content (AvgIpc) is 2.32. The van der Waals surface area contributed by atoms with Gasteiger partial charge in [0.05, 0.1) is 0 Å². The molecule has 1 aromatic heterocycles. The van der Waals surface area contributed by atoms with Gasteiger partial charge in [0.1, 0.15) is 17.5 Å². The van der Waals surface area contributed by atoms with Gasteiger partial charge in [0, 0.05) is 25.3 Å². The first-order valence-electron chi connectivity index (χ1n) is 6.52. The van der Waals surface area contributed by atoms with E-state index < -0.39 is 0 Å². The highest BCUT2D eigenvalue weighted by molar-refractivity contribution is 5.57. The van der Waals surface area contributed by atoms with Gasteiger partial charge in [-0.2, -0.15) is 0 Å². The van der Waals surface area contributed by atoms with E-state index in [0.29, 0.717) is 5.92 Å². The second kappa shape index (κ2) is 7.16. The average molecular weight is 252 g/mol. The van der Waals surface area contributed by atoms with E-state index in [9.17, 15) is 0 Å². The largest absolute Gasteiger partial charge is 0.396 e. The maximum absolute atomic E-state index is 8.88. The van der Waals surface area contributed by atoms with Crippen LogP contribution in [0.5, 0.6) is 0 Å². The van der Waals surface area contributed by atoms with E-state index in [0.717, 1.165) is 42.5 Å². The molecule has 0 aliphatic rings. The van der Waals surface area contributed by atoms with E-state index >= 15 is 0 Å². The van der Waals surface area contributed by atoms with Crippen molar-refractivity contribution in [2.24, 2.45) is 5.92 Å². The summed E-state index contributed by atoms with van der Waals surface area (Å²) in [6, 6.07) is 0. The maximum Gasteiger partial charge on any atom is 0.134 e. The number of nitrogens with one attached hydrogen (secondary N) is 2. The molecule has 0 saturated carbocycles. The van der Waals surface area contributed by atoms with Crippen molar-refractivity contribution >= 4 is 11.6 Å². The number of aryl methyl sites for hydroxylation is 1. The molecule has 1 heterocycles. The van der Waals surface area contributed by atoms with Crippen molar-refractivity contribution in [1.82, 2.24) is 9.97 Å².